The molecular weight excluding hydrogens is 306 g/mol. The summed E-state index contributed by atoms with van der Waals surface area (Å²) < 4.78 is 51.3. The number of halogens is 4. The van der Waals surface area contributed by atoms with Crippen LogP contribution in [0.25, 0.3) is 0 Å². The van der Waals surface area contributed by atoms with E-state index in [1.807, 2.05) is 0 Å². The second-order valence-corrected chi connectivity index (χ2v) is 5.28. The zero-order valence-electron chi connectivity index (χ0n) is 10.8. The number of alkyl halides is 3. The van der Waals surface area contributed by atoms with Gasteiger partial charge in [-0.1, -0.05) is 6.07 Å². The molecule has 0 amide bonds. The molecule has 1 atom stereocenters. The molecule has 114 valence electrons. The zero-order chi connectivity index (χ0) is 15.5. The Kier molecular flexibility index (Phi) is 4.97. The maximum atomic E-state index is 13.0. The van der Waals surface area contributed by atoms with E-state index in [-0.39, 0.29) is 18.7 Å². The zero-order valence-corrected chi connectivity index (χ0v) is 11.6. The Bertz CT molecular complexity index is 583. The quantitative estimate of drug-likeness (QED) is 0.823. The van der Waals surface area contributed by atoms with Gasteiger partial charge in [-0.2, -0.15) is 24.5 Å². The van der Waals surface area contributed by atoms with Crippen molar-refractivity contribution in [3.8, 4) is 0 Å². The van der Waals surface area contributed by atoms with Crippen molar-refractivity contribution in [1.82, 2.24) is 5.32 Å². The Morgan fingerprint density at radius 1 is 1.24 bits per heavy atom. The van der Waals surface area contributed by atoms with E-state index in [0.717, 1.165) is 12.1 Å². The third-order valence-electron chi connectivity index (χ3n) is 2.96. The van der Waals surface area contributed by atoms with Gasteiger partial charge in [0.25, 0.3) is 0 Å². The molecule has 0 aliphatic carbocycles. The lowest BCUT2D eigenvalue weighted by atomic mass is 10.1. The van der Waals surface area contributed by atoms with E-state index >= 15 is 0 Å². The van der Waals surface area contributed by atoms with Crippen molar-refractivity contribution in [2.45, 2.75) is 18.8 Å². The first-order valence-corrected chi connectivity index (χ1v) is 7.08. The molecule has 2 aromatic rings. The molecule has 7 heteroatoms. The molecule has 1 aromatic carbocycles. The monoisotopic (exact) mass is 319 g/mol. The molecule has 2 nitrogen and oxygen atoms in total. The maximum absolute atomic E-state index is 13.0. The summed E-state index contributed by atoms with van der Waals surface area (Å²) >= 11 is 1.43. The fraction of sp³-hybridized carbons (Fsp3) is 0.286. The molecule has 0 radical (unpaired) electrons. The van der Waals surface area contributed by atoms with Crippen molar-refractivity contribution < 1.29 is 22.7 Å². The van der Waals surface area contributed by atoms with Crippen LogP contribution in [0.15, 0.2) is 35.0 Å². The highest BCUT2D eigenvalue weighted by Crippen LogP contribution is 2.32. The van der Waals surface area contributed by atoms with Crippen LogP contribution in [0, 0.1) is 5.82 Å². The number of thiophene rings is 1. The molecule has 0 aliphatic rings. The lowest BCUT2D eigenvalue weighted by molar-refractivity contribution is -0.138. The molecule has 1 aromatic heterocycles. The normalized spacial score (nSPS) is 13.4. The summed E-state index contributed by atoms with van der Waals surface area (Å²) in [6.07, 6.45) is -5.39. The van der Waals surface area contributed by atoms with Gasteiger partial charge in [-0.3, -0.25) is 0 Å². The molecule has 0 bridgehead atoms. The van der Waals surface area contributed by atoms with Gasteiger partial charge in [0.15, 0.2) is 0 Å². The van der Waals surface area contributed by atoms with Crippen LogP contribution < -0.4 is 5.32 Å². The minimum absolute atomic E-state index is 0.0542. The summed E-state index contributed by atoms with van der Waals surface area (Å²) in [7, 11) is 0. The van der Waals surface area contributed by atoms with Gasteiger partial charge in [0.2, 0.25) is 0 Å². The molecular formula is C14H13F4NOS. The number of rotatable bonds is 5. The molecule has 1 heterocycles. The van der Waals surface area contributed by atoms with Crippen LogP contribution in [0.3, 0.4) is 0 Å². The van der Waals surface area contributed by atoms with Gasteiger partial charge in [0.1, 0.15) is 5.82 Å². The van der Waals surface area contributed by atoms with Gasteiger partial charge in [-0.05, 0) is 40.1 Å². The molecule has 0 spiro atoms. The maximum Gasteiger partial charge on any atom is 0.416 e. The van der Waals surface area contributed by atoms with Gasteiger partial charge >= 0.3 is 6.18 Å². The van der Waals surface area contributed by atoms with E-state index in [0.29, 0.717) is 11.6 Å². The van der Waals surface area contributed by atoms with Crippen LogP contribution >= 0.6 is 11.3 Å². The van der Waals surface area contributed by atoms with E-state index in [1.165, 1.54) is 11.3 Å². The molecule has 0 saturated carbocycles. The van der Waals surface area contributed by atoms with Gasteiger partial charge < -0.3 is 10.4 Å². The first-order chi connectivity index (χ1) is 9.88. The average molecular weight is 319 g/mol. The minimum Gasteiger partial charge on any atom is -0.387 e. The first kappa shape index (κ1) is 15.9. The molecule has 2 rings (SSSR count). The number of nitrogens with one attached hydrogen (secondary N) is 1. The van der Waals surface area contributed by atoms with Crippen LogP contribution in [0.5, 0.6) is 0 Å². The van der Waals surface area contributed by atoms with Gasteiger partial charge in [-0.25, -0.2) is 4.39 Å². The summed E-state index contributed by atoms with van der Waals surface area (Å²) in [5.41, 5.74) is -0.343. The molecule has 21 heavy (non-hydrogen) atoms. The van der Waals surface area contributed by atoms with E-state index < -0.39 is 23.7 Å². The number of benzene rings is 1. The second kappa shape index (κ2) is 6.55. The predicted octanol–water partition coefficient (Wildman–Crippen LogP) is 3.73. The second-order valence-electron chi connectivity index (χ2n) is 4.50. The third-order valence-corrected chi connectivity index (χ3v) is 3.66. The van der Waals surface area contributed by atoms with Crippen molar-refractivity contribution in [3.63, 3.8) is 0 Å². The van der Waals surface area contributed by atoms with E-state index in [1.54, 1.807) is 16.8 Å². The number of hydrogen-bond acceptors (Lipinski definition) is 3. The number of aliphatic hydroxyl groups excluding tert-OH is 1. The van der Waals surface area contributed by atoms with E-state index in [2.05, 4.69) is 5.32 Å². The van der Waals surface area contributed by atoms with Crippen LogP contribution in [0.4, 0.5) is 17.6 Å². The van der Waals surface area contributed by atoms with Crippen molar-refractivity contribution in [2.24, 2.45) is 0 Å². The Morgan fingerprint density at radius 2 is 2.00 bits per heavy atom. The highest BCUT2D eigenvalue weighted by Gasteiger charge is 2.33. The summed E-state index contributed by atoms with van der Waals surface area (Å²) in [4.78, 5) is 0. The highest BCUT2D eigenvalue weighted by molar-refractivity contribution is 7.07. The van der Waals surface area contributed by atoms with Crippen LogP contribution in [-0.2, 0) is 12.7 Å². The lowest BCUT2D eigenvalue weighted by Gasteiger charge is -2.15. The fourth-order valence-electron chi connectivity index (χ4n) is 1.89. The number of hydrogen-bond donors (Lipinski definition) is 2. The van der Waals surface area contributed by atoms with E-state index in [9.17, 15) is 22.7 Å². The van der Waals surface area contributed by atoms with Crippen LogP contribution in [-0.4, -0.2) is 11.7 Å². The SMILES string of the molecule is OC(CNCc1ccc(F)cc1C(F)(F)F)c1ccsc1. The van der Waals surface area contributed by atoms with Crippen molar-refractivity contribution in [2.75, 3.05) is 6.54 Å². The predicted molar refractivity (Wildman–Crippen MR) is 72.4 cm³/mol. The number of aliphatic hydroxyl groups is 1. The Labute approximate surface area is 123 Å². The topological polar surface area (TPSA) is 32.3 Å². The van der Waals surface area contributed by atoms with E-state index in [4.69, 9.17) is 0 Å². The Morgan fingerprint density at radius 3 is 2.62 bits per heavy atom. The van der Waals surface area contributed by atoms with Gasteiger partial charge in [0.05, 0.1) is 11.7 Å². The smallest absolute Gasteiger partial charge is 0.387 e. The van der Waals surface area contributed by atoms with Gasteiger partial charge in [0, 0.05) is 13.1 Å². The van der Waals surface area contributed by atoms with Crippen LogP contribution in [0.1, 0.15) is 22.8 Å². The van der Waals surface area contributed by atoms with Gasteiger partial charge in [-0.15, -0.1) is 0 Å². The summed E-state index contributed by atoms with van der Waals surface area (Å²) in [5, 5.41) is 16.2. The van der Waals surface area contributed by atoms with Crippen molar-refractivity contribution in [1.29, 1.82) is 0 Å². The Balaban J connectivity index is 2.00. The van der Waals surface area contributed by atoms with Crippen LogP contribution in [0.2, 0.25) is 0 Å². The van der Waals surface area contributed by atoms with Crippen molar-refractivity contribution >= 4 is 11.3 Å². The minimum atomic E-state index is -4.61. The average Bonchev–Trinajstić information content (AvgIpc) is 2.93. The molecule has 0 aliphatic heterocycles. The standard InChI is InChI=1S/C14H13F4NOS/c15-11-2-1-9(12(5-11)14(16,17)18)6-19-7-13(20)10-3-4-21-8-10/h1-5,8,13,19-20H,6-7H2. The Hall–Kier alpha value is -1.44. The highest BCUT2D eigenvalue weighted by atomic mass is 32.1. The third kappa shape index (κ3) is 4.26. The molecule has 0 saturated heterocycles. The lowest BCUT2D eigenvalue weighted by Crippen LogP contribution is -2.22. The van der Waals surface area contributed by atoms with Crippen molar-refractivity contribution in [3.05, 3.63) is 57.5 Å². The summed E-state index contributed by atoms with van der Waals surface area (Å²) in [6, 6.07) is 4.31. The summed E-state index contributed by atoms with van der Waals surface area (Å²) in [6.45, 7) is 0.0156. The molecule has 1 unspecified atom stereocenters. The molecule has 2 N–H and O–H groups in total. The fourth-order valence-corrected chi connectivity index (χ4v) is 2.60. The first-order valence-electron chi connectivity index (χ1n) is 6.14. The summed E-state index contributed by atoms with van der Waals surface area (Å²) in [5.74, 6) is -0.926. The largest absolute Gasteiger partial charge is 0.416 e. The molecule has 0 fully saturated rings.